The Balaban J connectivity index is 1.99. The summed E-state index contributed by atoms with van der Waals surface area (Å²) in [6.07, 6.45) is 1.24. The molecule has 1 aromatic rings. The van der Waals surface area contributed by atoms with Crippen molar-refractivity contribution in [3.05, 3.63) is 24.0 Å². The molecule has 1 aliphatic heterocycles. The van der Waals surface area contributed by atoms with E-state index in [4.69, 9.17) is 4.74 Å². The Bertz CT molecular complexity index is 244. The lowest BCUT2D eigenvalue weighted by molar-refractivity contribution is -0.0243. The van der Waals surface area contributed by atoms with Gasteiger partial charge in [0, 0.05) is 23.4 Å². The number of ether oxygens (including phenoxy) is 1. The molecule has 4 heteroatoms. The molecule has 1 saturated heterocycles. The molecular formula is C9H13NO2S. The van der Waals surface area contributed by atoms with Crippen LogP contribution in [0.3, 0.4) is 0 Å². The lowest BCUT2D eigenvalue weighted by Gasteiger charge is -2.26. The van der Waals surface area contributed by atoms with Gasteiger partial charge in [0.2, 0.25) is 0 Å². The van der Waals surface area contributed by atoms with Crippen LogP contribution in [-0.2, 0) is 4.74 Å². The Morgan fingerprint density at radius 2 is 2.62 bits per heavy atom. The van der Waals surface area contributed by atoms with Crippen molar-refractivity contribution in [2.75, 3.05) is 18.1 Å². The topological polar surface area (TPSA) is 45.2 Å². The van der Waals surface area contributed by atoms with Gasteiger partial charge in [0.15, 0.2) is 0 Å². The van der Waals surface area contributed by atoms with Crippen molar-refractivity contribution in [1.29, 1.82) is 0 Å². The van der Waals surface area contributed by atoms with Crippen LogP contribution in [0.5, 0.6) is 0 Å². The molecule has 1 fully saturated rings. The Morgan fingerprint density at radius 1 is 1.69 bits per heavy atom. The van der Waals surface area contributed by atoms with Crippen LogP contribution >= 0.6 is 11.8 Å². The Morgan fingerprint density at radius 3 is 3.23 bits per heavy atom. The second kappa shape index (κ2) is 4.17. The summed E-state index contributed by atoms with van der Waals surface area (Å²) in [5.74, 6) is 1.91. The smallest absolute Gasteiger partial charge is 0.121 e. The van der Waals surface area contributed by atoms with Gasteiger partial charge in [-0.1, -0.05) is 0 Å². The summed E-state index contributed by atoms with van der Waals surface area (Å²) in [7, 11) is 0. The van der Waals surface area contributed by atoms with Gasteiger partial charge in [0.1, 0.15) is 6.10 Å². The first kappa shape index (κ1) is 9.12. The molecule has 2 heterocycles. The third kappa shape index (κ3) is 2.07. The van der Waals surface area contributed by atoms with E-state index in [1.807, 2.05) is 30.1 Å². The quantitative estimate of drug-likeness (QED) is 0.751. The summed E-state index contributed by atoms with van der Waals surface area (Å²) in [4.78, 5) is 2.99. The van der Waals surface area contributed by atoms with Crippen molar-refractivity contribution in [2.24, 2.45) is 0 Å². The molecule has 13 heavy (non-hydrogen) atoms. The Labute approximate surface area is 81.5 Å². The fraction of sp³-hybridized carbons (Fsp3) is 0.556. The molecule has 2 unspecified atom stereocenters. The van der Waals surface area contributed by atoms with Crippen molar-refractivity contribution >= 4 is 11.8 Å². The van der Waals surface area contributed by atoms with Gasteiger partial charge < -0.3 is 14.8 Å². The lowest BCUT2D eigenvalue weighted by atomic mass is 10.1. The molecule has 3 nitrogen and oxygen atoms in total. The fourth-order valence-corrected chi connectivity index (χ4v) is 2.31. The van der Waals surface area contributed by atoms with E-state index in [-0.39, 0.29) is 6.10 Å². The second-order valence-electron chi connectivity index (χ2n) is 3.05. The van der Waals surface area contributed by atoms with Crippen molar-refractivity contribution < 1.29 is 9.84 Å². The van der Waals surface area contributed by atoms with Gasteiger partial charge in [0.05, 0.1) is 12.7 Å². The minimum Gasteiger partial charge on any atom is -0.384 e. The number of rotatable bonds is 2. The predicted molar refractivity (Wildman–Crippen MR) is 52.8 cm³/mol. The van der Waals surface area contributed by atoms with Crippen LogP contribution in [0.15, 0.2) is 18.3 Å². The fourth-order valence-electron chi connectivity index (χ4n) is 1.42. The average molecular weight is 199 g/mol. The minimum atomic E-state index is -0.511. The minimum absolute atomic E-state index is 0.0580. The maximum atomic E-state index is 9.86. The highest BCUT2D eigenvalue weighted by Gasteiger charge is 2.24. The largest absolute Gasteiger partial charge is 0.384 e. The molecule has 1 aliphatic rings. The molecule has 2 atom stereocenters. The van der Waals surface area contributed by atoms with Crippen molar-refractivity contribution in [3.63, 3.8) is 0 Å². The highest BCUT2D eigenvalue weighted by atomic mass is 32.2. The number of hydrogen-bond acceptors (Lipinski definition) is 3. The molecule has 2 N–H and O–H groups in total. The normalized spacial score (nSPS) is 25.8. The Hall–Kier alpha value is -0.450. The number of H-pyrrole nitrogens is 1. The SMILES string of the molecule is OC(c1ccc[nH]1)C1CSCCO1. The highest BCUT2D eigenvalue weighted by molar-refractivity contribution is 7.99. The van der Waals surface area contributed by atoms with E-state index in [9.17, 15) is 5.11 Å². The maximum Gasteiger partial charge on any atom is 0.121 e. The van der Waals surface area contributed by atoms with Crippen LogP contribution < -0.4 is 0 Å². The first-order chi connectivity index (χ1) is 6.38. The van der Waals surface area contributed by atoms with Gasteiger partial charge in [-0.2, -0.15) is 11.8 Å². The molecule has 2 rings (SSSR count). The zero-order chi connectivity index (χ0) is 9.10. The van der Waals surface area contributed by atoms with Crippen LogP contribution in [0.25, 0.3) is 0 Å². The van der Waals surface area contributed by atoms with Crippen molar-refractivity contribution in [3.8, 4) is 0 Å². The molecule has 1 aromatic heterocycles. The van der Waals surface area contributed by atoms with Gasteiger partial charge in [0.25, 0.3) is 0 Å². The van der Waals surface area contributed by atoms with Crippen molar-refractivity contribution in [2.45, 2.75) is 12.2 Å². The van der Waals surface area contributed by atoms with Gasteiger partial charge in [-0.05, 0) is 12.1 Å². The first-order valence-electron chi connectivity index (χ1n) is 4.38. The van der Waals surface area contributed by atoms with Crippen LogP contribution in [0.1, 0.15) is 11.8 Å². The summed E-state index contributed by atoms with van der Waals surface area (Å²) < 4.78 is 5.47. The summed E-state index contributed by atoms with van der Waals surface area (Å²) in [6.45, 7) is 0.743. The van der Waals surface area contributed by atoms with Gasteiger partial charge in [-0.15, -0.1) is 0 Å². The van der Waals surface area contributed by atoms with Gasteiger partial charge >= 0.3 is 0 Å². The standard InChI is InChI=1S/C9H13NO2S/c11-9(7-2-1-3-10-7)8-6-13-5-4-12-8/h1-3,8-11H,4-6H2. The zero-order valence-corrected chi connectivity index (χ0v) is 8.09. The summed E-state index contributed by atoms with van der Waals surface area (Å²) in [6, 6.07) is 3.77. The molecule has 0 aromatic carbocycles. The molecule has 0 saturated carbocycles. The summed E-state index contributed by atoms with van der Waals surface area (Å²) in [5, 5.41) is 9.86. The molecular weight excluding hydrogens is 186 g/mol. The molecule has 0 bridgehead atoms. The number of thioether (sulfide) groups is 1. The second-order valence-corrected chi connectivity index (χ2v) is 4.20. The number of aromatic nitrogens is 1. The van der Waals surface area contributed by atoms with Crippen LogP contribution in [0.4, 0.5) is 0 Å². The van der Waals surface area contributed by atoms with Gasteiger partial charge in [-0.3, -0.25) is 0 Å². The van der Waals surface area contributed by atoms with Crippen LogP contribution in [-0.4, -0.2) is 34.3 Å². The van der Waals surface area contributed by atoms with Crippen molar-refractivity contribution in [1.82, 2.24) is 4.98 Å². The molecule has 0 aliphatic carbocycles. The van der Waals surface area contributed by atoms with E-state index in [0.29, 0.717) is 0 Å². The molecule has 0 spiro atoms. The van der Waals surface area contributed by atoms with E-state index >= 15 is 0 Å². The summed E-state index contributed by atoms with van der Waals surface area (Å²) >= 11 is 1.83. The molecule has 0 radical (unpaired) electrons. The number of aliphatic hydroxyl groups excluding tert-OH is 1. The van der Waals surface area contributed by atoms with Crippen LogP contribution in [0.2, 0.25) is 0 Å². The third-order valence-corrected chi connectivity index (χ3v) is 3.15. The monoisotopic (exact) mass is 199 g/mol. The number of aromatic amines is 1. The molecule has 0 amide bonds. The molecule has 72 valence electrons. The predicted octanol–water partition coefficient (Wildman–Crippen LogP) is 1.18. The number of hydrogen-bond donors (Lipinski definition) is 2. The van der Waals surface area contributed by atoms with E-state index < -0.39 is 6.10 Å². The zero-order valence-electron chi connectivity index (χ0n) is 7.27. The van der Waals surface area contributed by atoms with E-state index in [1.54, 1.807) is 0 Å². The van der Waals surface area contributed by atoms with E-state index in [1.165, 1.54) is 0 Å². The maximum absolute atomic E-state index is 9.86. The third-order valence-electron chi connectivity index (χ3n) is 2.13. The Kier molecular flexibility index (Phi) is 2.93. The van der Waals surface area contributed by atoms with E-state index in [0.717, 1.165) is 23.8 Å². The lowest BCUT2D eigenvalue weighted by Crippen LogP contribution is -2.29. The summed E-state index contributed by atoms with van der Waals surface area (Å²) in [5.41, 5.74) is 0.840. The van der Waals surface area contributed by atoms with Gasteiger partial charge in [-0.25, -0.2) is 0 Å². The number of nitrogens with one attached hydrogen (secondary N) is 1. The van der Waals surface area contributed by atoms with E-state index in [2.05, 4.69) is 4.98 Å². The number of aliphatic hydroxyl groups is 1. The average Bonchev–Trinajstić information content (AvgIpc) is 2.71. The first-order valence-corrected chi connectivity index (χ1v) is 5.54. The highest BCUT2D eigenvalue weighted by Crippen LogP contribution is 2.24. The van der Waals surface area contributed by atoms with Crippen LogP contribution in [0, 0.1) is 0 Å².